The van der Waals surface area contributed by atoms with Gasteiger partial charge in [-0.3, -0.25) is 0 Å². The van der Waals surface area contributed by atoms with E-state index in [1.54, 1.807) is 5.57 Å². The van der Waals surface area contributed by atoms with E-state index in [4.69, 9.17) is 5.73 Å². The highest BCUT2D eigenvalue weighted by atomic mass is 35.5. The first kappa shape index (κ1) is 15.5. The highest BCUT2D eigenvalue weighted by molar-refractivity contribution is 5.85. The topological polar surface area (TPSA) is 26.0 Å². The van der Waals surface area contributed by atoms with Crippen LogP contribution in [0.25, 0.3) is 0 Å². The molecular weight excluding hydrogens is 182 g/mol. The predicted molar refractivity (Wildman–Crippen MR) is 63.4 cm³/mol. The molecule has 0 aromatic heterocycles. The standard InChI is InChI=1S/C11H23N.ClH/c1-3-5-7-11(9-10-12)8-6-4-2;/h9H,3-8,10,12H2,1-2H3;1H. The predicted octanol–water partition coefficient (Wildman–Crippen LogP) is 3.67. The molecule has 0 radical (unpaired) electrons. The van der Waals surface area contributed by atoms with E-state index >= 15 is 0 Å². The van der Waals surface area contributed by atoms with Gasteiger partial charge in [0.2, 0.25) is 0 Å². The number of nitrogens with two attached hydrogens (primary N) is 1. The van der Waals surface area contributed by atoms with Crippen molar-refractivity contribution in [1.29, 1.82) is 0 Å². The zero-order valence-electron chi connectivity index (χ0n) is 9.01. The van der Waals surface area contributed by atoms with Gasteiger partial charge in [0.25, 0.3) is 0 Å². The van der Waals surface area contributed by atoms with Crippen molar-refractivity contribution in [3.05, 3.63) is 11.6 Å². The fourth-order valence-corrected chi connectivity index (χ4v) is 1.30. The minimum atomic E-state index is 0. The Hall–Kier alpha value is -0.0100. The van der Waals surface area contributed by atoms with Gasteiger partial charge in [-0.25, -0.2) is 0 Å². The average Bonchev–Trinajstić information content (AvgIpc) is 2.10. The van der Waals surface area contributed by atoms with Gasteiger partial charge in [-0.2, -0.15) is 0 Å². The van der Waals surface area contributed by atoms with Crippen molar-refractivity contribution in [3.8, 4) is 0 Å². The molecule has 0 bridgehead atoms. The summed E-state index contributed by atoms with van der Waals surface area (Å²) >= 11 is 0. The molecule has 0 rings (SSSR count). The van der Waals surface area contributed by atoms with Gasteiger partial charge in [0, 0.05) is 6.54 Å². The largest absolute Gasteiger partial charge is 0.327 e. The molecule has 0 saturated carbocycles. The quantitative estimate of drug-likeness (QED) is 0.631. The third-order valence-electron chi connectivity index (χ3n) is 2.11. The lowest BCUT2D eigenvalue weighted by Gasteiger charge is -2.05. The Labute approximate surface area is 89.2 Å². The van der Waals surface area contributed by atoms with Crippen molar-refractivity contribution >= 4 is 12.4 Å². The van der Waals surface area contributed by atoms with Gasteiger partial charge in [-0.05, 0) is 25.7 Å². The summed E-state index contributed by atoms with van der Waals surface area (Å²) in [6.45, 7) is 5.18. The fourth-order valence-electron chi connectivity index (χ4n) is 1.30. The van der Waals surface area contributed by atoms with Crippen LogP contribution in [-0.4, -0.2) is 6.54 Å². The van der Waals surface area contributed by atoms with Crippen molar-refractivity contribution in [3.63, 3.8) is 0 Å². The van der Waals surface area contributed by atoms with Gasteiger partial charge < -0.3 is 5.73 Å². The van der Waals surface area contributed by atoms with Crippen LogP contribution in [0.2, 0.25) is 0 Å². The SMILES string of the molecule is CCCCC(=CCN)CCCC.Cl. The summed E-state index contributed by atoms with van der Waals surface area (Å²) in [5.41, 5.74) is 7.07. The highest BCUT2D eigenvalue weighted by Gasteiger charge is 1.95. The van der Waals surface area contributed by atoms with E-state index in [1.807, 2.05) is 0 Å². The van der Waals surface area contributed by atoms with E-state index in [0.29, 0.717) is 6.54 Å². The van der Waals surface area contributed by atoms with Crippen LogP contribution in [0.15, 0.2) is 11.6 Å². The molecule has 0 atom stereocenters. The summed E-state index contributed by atoms with van der Waals surface area (Å²) in [6.07, 6.45) is 9.92. The third kappa shape index (κ3) is 9.91. The minimum absolute atomic E-state index is 0. The maximum atomic E-state index is 5.50. The Morgan fingerprint density at radius 2 is 1.54 bits per heavy atom. The molecule has 0 amide bonds. The number of unbranched alkanes of at least 4 members (excludes halogenated alkanes) is 2. The molecule has 0 aliphatic carbocycles. The lowest BCUT2D eigenvalue weighted by Crippen LogP contribution is -1.96. The van der Waals surface area contributed by atoms with E-state index in [2.05, 4.69) is 19.9 Å². The van der Waals surface area contributed by atoms with Crippen molar-refractivity contribution in [2.24, 2.45) is 5.73 Å². The first-order valence-corrected chi connectivity index (χ1v) is 5.23. The molecule has 0 aliphatic heterocycles. The third-order valence-corrected chi connectivity index (χ3v) is 2.11. The normalized spacial score (nSPS) is 9.15. The maximum Gasteiger partial charge on any atom is 0.0109 e. The summed E-state index contributed by atoms with van der Waals surface area (Å²) in [5, 5.41) is 0. The van der Waals surface area contributed by atoms with E-state index in [0.717, 1.165) is 0 Å². The number of hydrogen-bond donors (Lipinski definition) is 1. The number of halogens is 1. The first-order valence-electron chi connectivity index (χ1n) is 5.23. The molecule has 0 fully saturated rings. The molecule has 2 N–H and O–H groups in total. The molecular formula is C11H24ClN. The van der Waals surface area contributed by atoms with Crippen LogP contribution in [0.3, 0.4) is 0 Å². The van der Waals surface area contributed by atoms with Gasteiger partial charge >= 0.3 is 0 Å². The van der Waals surface area contributed by atoms with Crippen molar-refractivity contribution < 1.29 is 0 Å². The lowest BCUT2D eigenvalue weighted by molar-refractivity contribution is 0.710. The molecule has 0 saturated heterocycles. The van der Waals surface area contributed by atoms with Crippen LogP contribution in [0.1, 0.15) is 52.4 Å². The average molecular weight is 206 g/mol. The molecule has 0 aromatic rings. The Kier molecular flexibility index (Phi) is 14.3. The summed E-state index contributed by atoms with van der Waals surface area (Å²) in [7, 11) is 0. The molecule has 0 spiro atoms. The minimum Gasteiger partial charge on any atom is -0.327 e. The van der Waals surface area contributed by atoms with Crippen LogP contribution < -0.4 is 5.73 Å². The zero-order valence-corrected chi connectivity index (χ0v) is 9.83. The Morgan fingerprint density at radius 1 is 1.08 bits per heavy atom. The maximum absolute atomic E-state index is 5.50. The number of rotatable bonds is 7. The monoisotopic (exact) mass is 205 g/mol. The Morgan fingerprint density at radius 3 is 1.85 bits per heavy atom. The number of hydrogen-bond acceptors (Lipinski definition) is 1. The summed E-state index contributed by atoms with van der Waals surface area (Å²) < 4.78 is 0. The highest BCUT2D eigenvalue weighted by Crippen LogP contribution is 2.14. The zero-order chi connectivity index (χ0) is 9.23. The van der Waals surface area contributed by atoms with Gasteiger partial charge in [-0.1, -0.05) is 38.3 Å². The summed E-state index contributed by atoms with van der Waals surface area (Å²) in [4.78, 5) is 0. The second-order valence-corrected chi connectivity index (χ2v) is 3.31. The van der Waals surface area contributed by atoms with E-state index in [-0.39, 0.29) is 12.4 Å². The Balaban J connectivity index is 0. The van der Waals surface area contributed by atoms with E-state index < -0.39 is 0 Å². The van der Waals surface area contributed by atoms with Gasteiger partial charge in [-0.15, -0.1) is 12.4 Å². The molecule has 0 aromatic carbocycles. The second kappa shape index (κ2) is 12.0. The van der Waals surface area contributed by atoms with Crippen molar-refractivity contribution in [1.82, 2.24) is 0 Å². The molecule has 1 nitrogen and oxygen atoms in total. The number of allylic oxidation sites excluding steroid dienone is 1. The smallest absolute Gasteiger partial charge is 0.0109 e. The van der Waals surface area contributed by atoms with Crippen molar-refractivity contribution in [2.45, 2.75) is 52.4 Å². The lowest BCUT2D eigenvalue weighted by atomic mass is 10.0. The molecule has 0 unspecified atom stereocenters. The van der Waals surface area contributed by atoms with Crippen LogP contribution in [0.5, 0.6) is 0 Å². The van der Waals surface area contributed by atoms with Crippen LogP contribution in [0.4, 0.5) is 0 Å². The van der Waals surface area contributed by atoms with E-state index in [9.17, 15) is 0 Å². The molecule has 0 aliphatic rings. The fraction of sp³-hybridized carbons (Fsp3) is 0.818. The van der Waals surface area contributed by atoms with Gasteiger partial charge in [0.05, 0.1) is 0 Å². The van der Waals surface area contributed by atoms with Crippen molar-refractivity contribution in [2.75, 3.05) is 6.54 Å². The Bertz CT molecular complexity index is 111. The van der Waals surface area contributed by atoms with Crippen LogP contribution in [-0.2, 0) is 0 Å². The summed E-state index contributed by atoms with van der Waals surface area (Å²) in [5.74, 6) is 0. The first-order chi connectivity index (χ1) is 5.85. The van der Waals surface area contributed by atoms with E-state index in [1.165, 1.54) is 38.5 Å². The molecule has 80 valence electrons. The molecule has 2 heteroatoms. The van der Waals surface area contributed by atoms with Gasteiger partial charge in [0.15, 0.2) is 0 Å². The summed E-state index contributed by atoms with van der Waals surface area (Å²) in [6, 6.07) is 0. The van der Waals surface area contributed by atoms with Crippen LogP contribution in [0, 0.1) is 0 Å². The molecule has 13 heavy (non-hydrogen) atoms. The second-order valence-electron chi connectivity index (χ2n) is 3.31. The molecule has 0 heterocycles. The van der Waals surface area contributed by atoms with Crippen LogP contribution >= 0.6 is 12.4 Å². The van der Waals surface area contributed by atoms with Gasteiger partial charge in [0.1, 0.15) is 0 Å².